The Morgan fingerprint density at radius 1 is 1.04 bits per heavy atom. The Hall–Kier alpha value is -1.83. The number of hydrogen-bond donors (Lipinski definition) is 2. The maximum absolute atomic E-state index is 11.6. The van der Waals surface area contributed by atoms with Gasteiger partial charge in [0.15, 0.2) is 5.96 Å². The monoisotopic (exact) mass is 468 g/mol. The summed E-state index contributed by atoms with van der Waals surface area (Å²) in [5.41, 5.74) is 1.38. The van der Waals surface area contributed by atoms with Crippen LogP contribution in [-0.4, -0.2) is 30.2 Å². The van der Waals surface area contributed by atoms with E-state index >= 15 is 0 Å². The summed E-state index contributed by atoms with van der Waals surface area (Å²) in [5, 5.41) is 6.64. The van der Waals surface area contributed by atoms with Gasteiger partial charge in [-0.3, -0.25) is 9.79 Å². The summed E-state index contributed by atoms with van der Waals surface area (Å²) >= 11 is 0. The van der Waals surface area contributed by atoms with E-state index in [9.17, 15) is 4.79 Å². The quantitative estimate of drug-likeness (QED) is 0.258. The highest BCUT2D eigenvalue weighted by atomic mass is 127. The first kappa shape index (κ1) is 22.2. The fourth-order valence-corrected chi connectivity index (χ4v) is 2.54. The van der Waals surface area contributed by atoms with Gasteiger partial charge in [-0.2, -0.15) is 0 Å². The van der Waals surface area contributed by atoms with Crippen LogP contribution >= 0.6 is 24.0 Å². The molecule has 2 rings (SSSR count). The lowest BCUT2D eigenvalue weighted by molar-refractivity contribution is 0.597. The van der Waals surface area contributed by atoms with Gasteiger partial charge >= 0.3 is 0 Å². The Labute approximate surface area is 173 Å². The van der Waals surface area contributed by atoms with Crippen molar-refractivity contribution in [3.63, 3.8) is 0 Å². The molecule has 1 aromatic carbocycles. The highest BCUT2D eigenvalue weighted by molar-refractivity contribution is 14.0. The fraction of sp³-hybridized carbons (Fsp3) is 0.400. The Bertz CT molecular complexity index is 700. The lowest BCUT2D eigenvalue weighted by atomic mass is 10.1. The number of rotatable bonds is 9. The topological polar surface area (TPSA) is 58.4 Å². The van der Waals surface area contributed by atoms with Crippen LogP contribution in [0.4, 0.5) is 0 Å². The molecule has 0 radical (unpaired) electrons. The minimum Gasteiger partial charge on any atom is -0.357 e. The third kappa shape index (κ3) is 8.51. The van der Waals surface area contributed by atoms with E-state index in [-0.39, 0.29) is 29.5 Å². The summed E-state index contributed by atoms with van der Waals surface area (Å²) < 4.78 is 1.74. The van der Waals surface area contributed by atoms with Crippen LogP contribution in [0.1, 0.15) is 25.3 Å². The highest BCUT2D eigenvalue weighted by Crippen LogP contribution is 1.98. The number of nitrogens with zero attached hydrogens (tertiary/aromatic N) is 2. The molecule has 26 heavy (non-hydrogen) atoms. The molecule has 0 bridgehead atoms. The number of hydrogen-bond acceptors (Lipinski definition) is 2. The minimum absolute atomic E-state index is 0. The molecule has 2 aromatic rings. The lowest BCUT2D eigenvalue weighted by Gasteiger charge is -2.11. The van der Waals surface area contributed by atoms with Crippen molar-refractivity contribution < 1.29 is 0 Å². The number of pyridine rings is 1. The van der Waals surface area contributed by atoms with Crippen molar-refractivity contribution in [3.05, 3.63) is 70.6 Å². The molecule has 5 nitrogen and oxygen atoms in total. The smallest absolute Gasteiger partial charge is 0.250 e. The first-order valence-electron chi connectivity index (χ1n) is 9.01. The van der Waals surface area contributed by atoms with E-state index in [2.05, 4.69) is 46.8 Å². The highest BCUT2D eigenvalue weighted by Gasteiger charge is 1.98. The predicted molar refractivity (Wildman–Crippen MR) is 119 cm³/mol. The molecule has 0 aliphatic carbocycles. The second kappa shape index (κ2) is 13.4. The Morgan fingerprint density at radius 3 is 2.54 bits per heavy atom. The fourth-order valence-electron chi connectivity index (χ4n) is 2.54. The third-order valence-electron chi connectivity index (χ3n) is 3.87. The van der Waals surface area contributed by atoms with Crippen molar-refractivity contribution in [1.29, 1.82) is 0 Å². The van der Waals surface area contributed by atoms with Crippen LogP contribution < -0.4 is 16.2 Å². The van der Waals surface area contributed by atoms with E-state index in [1.54, 1.807) is 16.7 Å². The lowest BCUT2D eigenvalue weighted by Crippen LogP contribution is -2.38. The van der Waals surface area contributed by atoms with E-state index in [1.807, 2.05) is 18.3 Å². The molecule has 0 amide bonds. The molecule has 1 heterocycles. The number of aliphatic imine (C=N–C) groups is 1. The standard InChI is InChI=1S/C20H28N4O.HI/c1-2-21-20(23-15-13-18-10-4-3-5-11-18)22-14-7-9-17-24-16-8-6-12-19(24)25;/h3-6,8,10-12,16H,2,7,9,13-15,17H2,1H3,(H2,21,22,23);1H. The summed E-state index contributed by atoms with van der Waals surface area (Å²) in [5.74, 6) is 0.857. The van der Waals surface area contributed by atoms with Crippen LogP contribution in [0.25, 0.3) is 0 Å². The Balaban J connectivity index is 0.00000338. The van der Waals surface area contributed by atoms with Crippen LogP contribution in [0, 0.1) is 0 Å². The van der Waals surface area contributed by atoms with Crippen molar-refractivity contribution in [3.8, 4) is 0 Å². The number of aryl methyl sites for hydroxylation is 1. The van der Waals surface area contributed by atoms with Crippen LogP contribution in [0.3, 0.4) is 0 Å². The molecule has 0 spiro atoms. The molecule has 142 valence electrons. The summed E-state index contributed by atoms with van der Waals surface area (Å²) in [6.45, 7) is 5.26. The second-order valence-corrected chi connectivity index (χ2v) is 5.86. The van der Waals surface area contributed by atoms with Gasteiger partial charge in [0.1, 0.15) is 0 Å². The zero-order valence-electron chi connectivity index (χ0n) is 15.4. The normalized spacial score (nSPS) is 10.9. The summed E-state index contributed by atoms with van der Waals surface area (Å²) in [6, 6.07) is 15.7. The van der Waals surface area contributed by atoms with Crippen LogP contribution in [0.15, 0.2) is 64.5 Å². The van der Waals surface area contributed by atoms with E-state index in [0.717, 1.165) is 51.4 Å². The van der Waals surface area contributed by atoms with Gasteiger partial charge in [-0.25, -0.2) is 0 Å². The molecule has 0 aliphatic heterocycles. The Morgan fingerprint density at radius 2 is 1.81 bits per heavy atom. The van der Waals surface area contributed by atoms with Gasteiger partial charge in [0.25, 0.3) is 0 Å². The van der Waals surface area contributed by atoms with E-state index in [4.69, 9.17) is 0 Å². The molecule has 0 unspecified atom stereocenters. The van der Waals surface area contributed by atoms with Gasteiger partial charge in [-0.1, -0.05) is 36.4 Å². The average molecular weight is 468 g/mol. The van der Waals surface area contributed by atoms with Crippen molar-refractivity contribution in [2.45, 2.75) is 32.7 Å². The number of aromatic nitrogens is 1. The molecular formula is C20H29IN4O. The molecule has 6 heteroatoms. The van der Waals surface area contributed by atoms with Crippen molar-refractivity contribution in [2.75, 3.05) is 19.6 Å². The number of nitrogens with one attached hydrogen (secondary N) is 2. The van der Waals surface area contributed by atoms with Gasteiger partial charge in [-0.05, 0) is 37.8 Å². The third-order valence-corrected chi connectivity index (χ3v) is 3.87. The van der Waals surface area contributed by atoms with Crippen LogP contribution in [0.5, 0.6) is 0 Å². The van der Waals surface area contributed by atoms with Crippen molar-refractivity contribution >= 4 is 29.9 Å². The maximum atomic E-state index is 11.6. The Kier molecular flexibility index (Phi) is 11.4. The number of unbranched alkanes of at least 4 members (excludes halogenated alkanes) is 1. The first-order chi connectivity index (χ1) is 12.3. The van der Waals surface area contributed by atoms with Gasteiger partial charge in [0, 0.05) is 38.4 Å². The van der Waals surface area contributed by atoms with Crippen LogP contribution in [0.2, 0.25) is 0 Å². The molecule has 1 aromatic heterocycles. The molecule has 0 saturated heterocycles. The van der Waals surface area contributed by atoms with Gasteiger partial charge in [-0.15, -0.1) is 24.0 Å². The molecule has 0 aliphatic rings. The molecule has 0 atom stereocenters. The predicted octanol–water partition coefficient (Wildman–Crippen LogP) is 3.04. The van der Waals surface area contributed by atoms with Gasteiger partial charge in [0.2, 0.25) is 5.56 Å². The van der Waals surface area contributed by atoms with E-state index < -0.39 is 0 Å². The van der Waals surface area contributed by atoms with E-state index in [0.29, 0.717) is 0 Å². The zero-order chi connectivity index (χ0) is 17.7. The number of benzene rings is 1. The summed E-state index contributed by atoms with van der Waals surface area (Å²) in [4.78, 5) is 16.2. The summed E-state index contributed by atoms with van der Waals surface area (Å²) in [7, 11) is 0. The molecular weight excluding hydrogens is 439 g/mol. The van der Waals surface area contributed by atoms with Gasteiger partial charge in [0.05, 0.1) is 0 Å². The molecule has 0 saturated carbocycles. The maximum Gasteiger partial charge on any atom is 0.250 e. The van der Waals surface area contributed by atoms with E-state index in [1.165, 1.54) is 5.56 Å². The molecule has 0 fully saturated rings. The number of guanidine groups is 1. The SMILES string of the molecule is CCNC(=NCCCCn1ccccc1=O)NCCc1ccccc1.I. The van der Waals surface area contributed by atoms with Crippen LogP contribution in [-0.2, 0) is 13.0 Å². The minimum atomic E-state index is 0. The average Bonchev–Trinajstić information content (AvgIpc) is 2.64. The largest absolute Gasteiger partial charge is 0.357 e. The van der Waals surface area contributed by atoms with Crippen molar-refractivity contribution in [2.24, 2.45) is 4.99 Å². The number of halogens is 1. The molecule has 2 N–H and O–H groups in total. The first-order valence-corrected chi connectivity index (χ1v) is 9.01. The van der Waals surface area contributed by atoms with Gasteiger partial charge < -0.3 is 15.2 Å². The zero-order valence-corrected chi connectivity index (χ0v) is 17.7. The van der Waals surface area contributed by atoms with Crippen molar-refractivity contribution in [1.82, 2.24) is 15.2 Å². The second-order valence-electron chi connectivity index (χ2n) is 5.86. The summed E-state index contributed by atoms with van der Waals surface area (Å²) in [6.07, 6.45) is 4.70.